The fourth-order valence-electron chi connectivity index (χ4n) is 2.71. The van der Waals surface area contributed by atoms with Gasteiger partial charge in [0.15, 0.2) is 5.76 Å². The molecule has 0 aliphatic heterocycles. The van der Waals surface area contributed by atoms with E-state index < -0.39 is 5.91 Å². The summed E-state index contributed by atoms with van der Waals surface area (Å²) in [6.07, 6.45) is 1.57. The molecule has 1 N–H and O–H groups in total. The number of fused-ring (bicyclic) bond motifs is 1. The minimum Gasteiger partial charge on any atom is -0.489 e. The highest BCUT2D eigenvalue weighted by Gasteiger charge is 2.10. The maximum Gasteiger partial charge on any atom is 0.307 e. The minimum atomic E-state index is -0.394. The van der Waals surface area contributed by atoms with Crippen LogP contribution < -0.4 is 10.2 Å². The van der Waals surface area contributed by atoms with Gasteiger partial charge in [0.05, 0.1) is 6.21 Å². The second kappa shape index (κ2) is 8.91. The third-order valence-electron chi connectivity index (χ3n) is 4.23. The molecular weight excluding hydrogens is 479 g/mol. The van der Waals surface area contributed by atoms with E-state index in [0.717, 1.165) is 22.3 Å². The molecule has 0 spiro atoms. The Hall–Kier alpha value is -3.13. The molecule has 0 aliphatic rings. The Kier molecular flexibility index (Phi) is 5.90. The van der Waals surface area contributed by atoms with Gasteiger partial charge in [-0.15, -0.1) is 0 Å². The van der Waals surface area contributed by atoms with Crippen molar-refractivity contribution in [2.24, 2.45) is 5.10 Å². The molecule has 6 heteroatoms. The van der Waals surface area contributed by atoms with Gasteiger partial charge in [-0.25, -0.2) is 5.43 Å². The Morgan fingerprint density at radius 2 is 1.79 bits per heavy atom. The van der Waals surface area contributed by atoms with Crippen LogP contribution in [0.4, 0.5) is 0 Å². The predicted octanol–water partition coefficient (Wildman–Crippen LogP) is 5.38. The lowest BCUT2D eigenvalue weighted by Gasteiger charge is -2.06. The molecule has 0 fully saturated rings. The highest BCUT2D eigenvalue weighted by molar-refractivity contribution is 14.1. The first kappa shape index (κ1) is 19.2. The number of carbonyl (C=O) groups is 1. The van der Waals surface area contributed by atoms with Crippen molar-refractivity contribution >= 4 is 45.7 Å². The van der Waals surface area contributed by atoms with Crippen molar-refractivity contribution < 1.29 is 13.9 Å². The standard InChI is InChI=1S/C23H17IN2O3/c24-19-9-5-17(6-10-19)15-28-20-11-7-16(8-12-20)14-25-26-23(27)22-13-18-3-1-2-4-21(18)29-22/h1-14H,15H2,(H,26,27)/b25-14-. The molecule has 0 bridgehead atoms. The number of hydrazone groups is 1. The fraction of sp³-hybridized carbons (Fsp3) is 0.0435. The van der Waals surface area contributed by atoms with Crippen LogP contribution in [0.1, 0.15) is 21.7 Å². The van der Waals surface area contributed by atoms with Gasteiger partial charge in [-0.05, 0) is 82.2 Å². The van der Waals surface area contributed by atoms with Gasteiger partial charge in [-0.1, -0.05) is 30.3 Å². The molecule has 1 amide bonds. The molecule has 0 aliphatic carbocycles. The molecule has 0 radical (unpaired) electrons. The SMILES string of the molecule is O=C(N/N=C\c1ccc(OCc2ccc(I)cc2)cc1)c1cc2ccccc2o1. The highest BCUT2D eigenvalue weighted by atomic mass is 127. The van der Waals surface area contributed by atoms with Crippen LogP contribution in [0.5, 0.6) is 5.75 Å². The Balaban J connectivity index is 1.31. The van der Waals surface area contributed by atoms with Gasteiger partial charge < -0.3 is 9.15 Å². The summed E-state index contributed by atoms with van der Waals surface area (Å²) < 4.78 is 12.5. The molecule has 4 rings (SSSR count). The number of halogens is 1. The minimum absolute atomic E-state index is 0.225. The van der Waals surface area contributed by atoms with E-state index in [1.54, 1.807) is 12.3 Å². The lowest BCUT2D eigenvalue weighted by molar-refractivity contribution is 0.0929. The summed E-state index contributed by atoms with van der Waals surface area (Å²) in [5.41, 5.74) is 5.11. The number of hydrogen-bond donors (Lipinski definition) is 1. The Morgan fingerprint density at radius 3 is 2.55 bits per heavy atom. The Labute approximate surface area is 181 Å². The number of hydrogen-bond acceptors (Lipinski definition) is 4. The van der Waals surface area contributed by atoms with Gasteiger partial charge in [0.2, 0.25) is 0 Å². The van der Waals surface area contributed by atoms with Gasteiger partial charge in [0, 0.05) is 8.96 Å². The number of furan rings is 1. The second-order valence-corrected chi connectivity index (χ2v) is 7.58. The first-order valence-electron chi connectivity index (χ1n) is 8.97. The van der Waals surface area contributed by atoms with Crippen LogP contribution in [0.25, 0.3) is 11.0 Å². The van der Waals surface area contributed by atoms with Crippen molar-refractivity contribution in [3.63, 3.8) is 0 Å². The van der Waals surface area contributed by atoms with E-state index >= 15 is 0 Å². The van der Waals surface area contributed by atoms with E-state index in [4.69, 9.17) is 9.15 Å². The van der Waals surface area contributed by atoms with Crippen molar-refractivity contribution in [3.05, 3.63) is 99.3 Å². The van der Waals surface area contributed by atoms with E-state index in [2.05, 4.69) is 45.3 Å². The van der Waals surface area contributed by atoms with Crippen molar-refractivity contribution in [2.45, 2.75) is 6.61 Å². The van der Waals surface area contributed by atoms with Crippen molar-refractivity contribution in [3.8, 4) is 5.75 Å². The van der Waals surface area contributed by atoms with E-state index in [1.807, 2.05) is 60.7 Å². The topological polar surface area (TPSA) is 63.8 Å². The number of nitrogens with one attached hydrogen (secondary N) is 1. The lowest BCUT2D eigenvalue weighted by Crippen LogP contribution is -2.16. The van der Waals surface area contributed by atoms with Gasteiger partial charge in [-0.3, -0.25) is 4.79 Å². The summed E-state index contributed by atoms with van der Waals surface area (Å²) in [7, 11) is 0. The van der Waals surface area contributed by atoms with Crippen LogP contribution in [-0.2, 0) is 6.61 Å². The van der Waals surface area contributed by atoms with Crippen LogP contribution in [-0.4, -0.2) is 12.1 Å². The Bertz CT molecular complexity index is 1120. The summed E-state index contributed by atoms with van der Waals surface area (Å²) in [6.45, 7) is 0.512. The average molecular weight is 496 g/mol. The Morgan fingerprint density at radius 1 is 1.03 bits per heavy atom. The number of para-hydroxylation sites is 1. The van der Waals surface area contributed by atoms with Crippen LogP contribution in [0.15, 0.2) is 88.4 Å². The number of carbonyl (C=O) groups excluding carboxylic acids is 1. The maximum absolute atomic E-state index is 12.2. The quantitative estimate of drug-likeness (QED) is 0.222. The van der Waals surface area contributed by atoms with Gasteiger partial charge in [0.25, 0.3) is 0 Å². The van der Waals surface area contributed by atoms with Gasteiger partial charge in [0.1, 0.15) is 17.9 Å². The summed E-state index contributed by atoms with van der Waals surface area (Å²) in [5.74, 6) is 0.602. The van der Waals surface area contributed by atoms with Crippen LogP contribution in [0.2, 0.25) is 0 Å². The zero-order valence-electron chi connectivity index (χ0n) is 15.3. The van der Waals surface area contributed by atoms with E-state index in [0.29, 0.717) is 12.2 Å². The van der Waals surface area contributed by atoms with Crippen LogP contribution in [0.3, 0.4) is 0 Å². The first-order valence-corrected chi connectivity index (χ1v) is 10.0. The van der Waals surface area contributed by atoms with Crippen LogP contribution in [0, 0.1) is 3.57 Å². The lowest BCUT2D eigenvalue weighted by atomic mass is 10.2. The molecule has 5 nitrogen and oxygen atoms in total. The molecule has 0 saturated heterocycles. The normalized spacial score (nSPS) is 11.1. The van der Waals surface area contributed by atoms with Crippen LogP contribution >= 0.6 is 22.6 Å². The summed E-state index contributed by atoms with van der Waals surface area (Å²) in [5, 5.41) is 4.87. The zero-order valence-corrected chi connectivity index (χ0v) is 17.5. The number of nitrogens with zero attached hydrogens (tertiary/aromatic N) is 1. The first-order chi connectivity index (χ1) is 14.2. The third kappa shape index (κ3) is 5.03. The van der Waals surface area contributed by atoms with Crippen molar-refractivity contribution in [1.29, 1.82) is 0 Å². The van der Waals surface area contributed by atoms with E-state index in [-0.39, 0.29) is 5.76 Å². The molecule has 1 heterocycles. The molecule has 3 aromatic carbocycles. The number of amides is 1. The summed E-state index contributed by atoms with van der Waals surface area (Å²) in [4.78, 5) is 12.2. The smallest absolute Gasteiger partial charge is 0.307 e. The second-order valence-electron chi connectivity index (χ2n) is 6.33. The number of ether oxygens (including phenoxy) is 1. The molecule has 0 unspecified atom stereocenters. The van der Waals surface area contributed by atoms with Crippen molar-refractivity contribution in [1.82, 2.24) is 5.43 Å². The van der Waals surface area contributed by atoms with E-state index in [9.17, 15) is 4.79 Å². The molecule has 29 heavy (non-hydrogen) atoms. The molecule has 4 aromatic rings. The average Bonchev–Trinajstić information content (AvgIpc) is 3.19. The number of rotatable bonds is 6. The maximum atomic E-state index is 12.2. The zero-order chi connectivity index (χ0) is 20.1. The van der Waals surface area contributed by atoms with Gasteiger partial charge >= 0.3 is 5.91 Å². The molecule has 0 atom stereocenters. The predicted molar refractivity (Wildman–Crippen MR) is 121 cm³/mol. The third-order valence-corrected chi connectivity index (χ3v) is 4.95. The molecular formula is C23H17IN2O3. The monoisotopic (exact) mass is 496 g/mol. The number of benzene rings is 3. The molecule has 144 valence electrons. The van der Waals surface area contributed by atoms with Crippen molar-refractivity contribution in [2.75, 3.05) is 0 Å². The molecule has 1 aromatic heterocycles. The highest BCUT2D eigenvalue weighted by Crippen LogP contribution is 2.18. The summed E-state index contributed by atoms with van der Waals surface area (Å²) in [6, 6.07) is 24.9. The largest absolute Gasteiger partial charge is 0.489 e. The fourth-order valence-corrected chi connectivity index (χ4v) is 3.07. The summed E-state index contributed by atoms with van der Waals surface area (Å²) >= 11 is 2.28. The molecule has 0 saturated carbocycles. The van der Waals surface area contributed by atoms with E-state index in [1.165, 1.54) is 3.57 Å². The van der Waals surface area contributed by atoms with Gasteiger partial charge in [-0.2, -0.15) is 5.10 Å².